The highest BCUT2D eigenvalue weighted by atomic mass is 35.5. The number of benzene rings is 1. The Morgan fingerprint density at radius 2 is 2.00 bits per heavy atom. The summed E-state index contributed by atoms with van der Waals surface area (Å²) in [7, 11) is 1.71. The summed E-state index contributed by atoms with van der Waals surface area (Å²) in [4.78, 5) is 0. The third-order valence-corrected chi connectivity index (χ3v) is 3.26. The number of hydrogen-bond acceptors (Lipinski definition) is 3. The van der Waals surface area contributed by atoms with E-state index in [0.717, 1.165) is 48.6 Å². The van der Waals surface area contributed by atoms with E-state index in [1.165, 1.54) is 0 Å². The van der Waals surface area contributed by atoms with Crippen LogP contribution in [0.15, 0.2) is 18.2 Å². The third-order valence-electron chi connectivity index (χ3n) is 3.03. The molecule has 108 valence electrons. The minimum Gasteiger partial charge on any atom is -0.493 e. The van der Waals surface area contributed by atoms with Crippen molar-refractivity contribution in [1.29, 1.82) is 0 Å². The van der Waals surface area contributed by atoms with E-state index >= 15 is 0 Å². The van der Waals surface area contributed by atoms with Gasteiger partial charge in [0.1, 0.15) is 5.75 Å². The quantitative estimate of drug-likeness (QED) is 0.707. The van der Waals surface area contributed by atoms with Crippen molar-refractivity contribution in [2.75, 3.05) is 20.3 Å². The highest BCUT2D eigenvalue weighted by Gasteiger charge is 2.09. The topological polar surface area (TPSA) is 44.5 Å². The second-order valence-electron chi connectivity index (χ2n) is 4.67. The van der Waals surface area contributed by atoms with Crippen LogP contribution in [0.25, 0.3) is 0 Å². The molecule has 0 bridgehead atoms. The van der Waals surface area contributed by atoms with Crippen molar-refractivity contribution in [2.24, 2.45) is 5.73 Å². The number of hydrogen-bond donors (Lipinski definition) is 1. The summed E-state index contributed by atoms with van der Waals surface area (Å²) in [5, 5.41) is 0.727. The molecule has 0 fully saturated rings. The minimum absolute atomic E-state index is 0.148. The summed E-state index contributed by atoms with van der Waals surface area (Å²) in [6.45, 7) is 3.55. The zero-order valence-corrected chi connectivity index (χ0v) is 12.6. The largest absolute Gasteiger partial charge is 0.493 e. The average Bonchev–Trinajstić information content (AvgIpc) is 2.40. The Balaban J connectivity index is 2.55. The van der Waals surface area contributed by atoms with Gasteiger partial charge in [-0.3, -0.25) is 0 Å². The van der Waals surface area contributed by atoms with E-state index < -0.39 is 0 Å². The average molecular weight is 286 g/mol. The lowest BCUT2D eigenvalue weighted by Gasteiger charge is -2.15. The molecule has 1 unspecified atom stereocenters. The predicted octanol–water partition coefficient (Wildman–Crippen LogP) is 3.43. The van der Waals surface area contributed by atoms with Crippen LogP contribution in [0.3, 0.4) is 0 Å². The molecule has 2 N–H and O–H groups in total. The molecule has 0 amide bonds. The van der Waals surface area contributed by atoms with Gasteiger partial charge in [-0.15, -0.1) is 0 Å². The van der Waals surface area contributed by atoms with Gasteiger partial charge in [0.25, 0.3) is 0 Å². The van der Waals surface area contributed by atoms with Crippen LogP contribution in [-0.4, -0.2) is 26.4 Å². The number of rotatable bonds is 9. The van der Waals surface area contributed by atoms with E-state index in [1.54, 1.807) is 7.11 Å². The van der Waals surface area contributed by atoms with Crippen molar-refractivity contribution in [2.45, 2.75) is 38.6 Å². The molecule has 0 aliphatic rings. The molecule has 0 spiro atoms. The van der Waals surface area contributed by atoms with E-state index in [2.05, 4.69) is 6.92 Å². The van der Waals surface area contributed by atoms with Gasteiger partial charge in [-0.25, -0.2) is 0 Å². The number of nitrogens with two attached hydrogens (primary N) is 1. The maximum Gasteiger partial charge on any atom is 0.122 e. The summed E-state index contributed by atoms with van der Waals surface area (Å²) >= 11 is 6.03. The fourth-order valence-corrected chi connectivity index (χ4v) is 2.00. The fourth-order valence-electron chi connectivity index (χ4n) is 1.81. The Labute approximate surface area is 121 Å². The van der Waals surface area contributed by atoms with Gasteiger partial charge >= 0.3 is 0 Å². The molecule has 0 saturated carbocycles. The van der Waals surface area contributed by atoms with Crippen molar-refractivity contribution >= 4 is 11.6 Å². The smallest absolute Gasteiger partial charge is 0.122 e. The minimum atomic E-state index is 0.148. The molecule has 0 saturated heterocycles. The lowest BCUT2D eigenvalue weighted by atomic mass is 10.0. The third kappa shape index (κ3) is 6.28. The first-order valence-corrected chi connectivity index (χ1v) is 7.21. The standard InChI is InChI=1S/C15H24ClNO2/c1-3-14(17)11-12-10-13(16)6-7-15(12)19-9-5-4-8-18-2/h6-7,10,14H,3-5,8-9,11,17H2,1-2H3. The van der Waals surface area contributed by atoms with Gasteiger partial charge in [0.05, 0.1) is 6.61 Å². The molecule has 0 aliphatic carbocycles. The monoisotopic (exact) mass is 285 g/mol. The molecular weight excluding hydrogens is 262 g/mol. The number of ether oxygens (including phenoxy) is 2. The second-order valence-corrected chi connectivity index (χ2v) is 5.11. The van der Waals surface area contributed by atoms with Crippen molar-refractivity contribution in [3.05, 3.63) is 28.8 Å². The highest BCUT2D eigenvalue weighted by Crippen LogP contribution is 2.24. The van der Waals surface area contributed by atoms with Gasteiger partial charge in [0.15, 0.2) is 0 Å². The zero-order valence-electron chi connectivity index (χ0n) is 11.8. The normalized spacial score (nSPS) is 12.4. The van der Waals surface area contributed by atoms with Crippen molar-refractivity contribution in [3.8, 4) is 5.75 Å². The molecule has 1 aromatic rings. The van der Waals surface area contributed by atoms with E-state index in [9.17, 15) is 0 Å². The number of halogens is 1. The van der Waals surface area contributed by atoms with Crippen LogP contribution in [0.4, 0.5) is 0 Å². The summed E-state index contributed by atoms with van der Waals surface area (Å²) in [6, 6.07) is 5.87. The maximum atomic E-state index is 6.03. The van der Waals surface area contributed by atoms with Crippen LogP contribution in [-0.2, 0) is 11.2 Å². The zero-order chi connectivity index (χ0) is 14.1. The molecule has 0 aliphatic heterocycles. The van der Waals surface area contributed by atoms with E-state index in [1.807, 2.05) is 18.2 Å². The van der Waals surface area contributed by atoms with Crippen LogP contribution in [0.1, 0.15) is 31.7 Å². The van der Waals surface area contributed by atoms with Crippen LogP contribution >= 0.6 is 11.6 Å². The Bertz CT molecular complexity index is 371. The van der Waals surface area contributed by atoms with E-state index in [0.29, 0.717) is 6.61 Å². The first-order valence-electron chi connectivity index (χ1n) is 6.83. The molecule has 19 heavy (non-hydrogen) atoms. The molecule has 4 heteroatoms. The molecule has 0 radical (unpaired) electrons. The van der Waals surface area contributed by atoms with Gasteiger partial charge in [-0.2, -0.15) is 0 Å². The van der Waals surface area contributed by atoms with Crippen LogP contribution in [0.5, 0.6) is 5.75 Å². The summed E-state index contributed by atoms with van der Waals surface area (Å²) in [5.41, 5.74) is 7.09. The van der Waals surface area contributed by atoms with Gasteiger partial charge in [0, 0.05) is 24.8 Å². The van der Waals surface area contributed by atoms with Crippen molar-refractivity contribution in [1.82, 2.24) is 0 Å². The molecule has 3 nitrogen and oxygen atoms in total. The van der Waals surface area contributed by atoms with Crippen molar-refractivity contribution in [3.63, 3.8) is 0 Å². The van der Waals surface area contributed by atoms with Crippen LogP contribution in [0.2, 0.25) is 5.02 Å². The lowest BCUT2D eigenvalue weighted by Crippen LogP contribution is -2.21. The van der Waals surface area contributed by atoms with Gasteiger partial charge < -0.3 is 15.2 Å². The summed E-state index contributed by atoms with van der Waals surface area (Å²) in [6.07, 6.45) is 3.73. The van der Waals surface area contributed by atoms with Gasteiger partial charge in [-0.05, 0) is 49.4 Å². The van der Waals surface area contributed by atoms with E-state index in [-0.39, 0.29) is 6.04 Å². The number of unbranched alkanes of at least 4 members (excludes halogenated alkanes) is 1. The summed E-state index contributed by atoms with van der Waals surface area (Å²) in [5.74, 6) is 0.894. The Kier molecular flexibility index (Phi) is 7.87. The number of methoxy groups -OCH3 is 1. The first-order chi connectivity index (χ1) is 9.17. The Morgan fingerprint density at radius 1 is 1.26 bits per heavy atom. The predicted molar refractivity (Wildman–Crippen MR) is 80.0 cm³/mol. The molecule has 1 atom stereocenters. The summed E-state index contributed by atoms with van der Waals surface area (Å²) < 4.78 is 10.8. The Hall–Kier alpha value is -0.770. The molecule has 1 aromatic carbocycles. The second kappa shape index (κ2) is 9.18. The van der Waals surface area contributed by atoms with Crippen LogP contribution < -0.4 is 10.5 Å². The van der Waals surface area contributed by atoms with E-state index in [4.69, 9.17) is 26.8 Å². The maximum absolute atomic E-state index is 6.03. The highest BCUT2D eigenvalue weighted by molar-refractivity contribution is 6.30. The molecule has 1 rings (SSSR count). The lowest BCUT2D eigenvalue weighted by molar-refractivity contribution is 0.184. The van der Waals surface area contributed by atoms with Crippen molar-refractivity contribution < 1.29 is 9.47 Å². The Morgan fingerprint density at radius 3 is 2.68 bits per heavy atom. The SMILES string of the molecule is CCC(N)Cc1cc(Cl)ccc1OCCCCOC. The van der Waals surface area contributed by atoms with Gasteiger partial charge in [-0.1, -0.05) is 18.5 Å². The van der Waals surface area contributed by atoms with Gasteiger partial charge in [0.2, 0.25) is 0 Å². The first kappa shape index (κ1) is 16.3. The molecular formula is C15H24ClNO2. The fraction of sp³-hybridized carbons (Fsp3) is 0.600. The van der Waals surface area contributed by atoms with Crippen LogP contribution in [0, 0.1) is 0 Å². The molecule has 0 aromatic heterocycles. The molecule has 0 heterocycles.